The average molecular weight is 350 g/mol. The highest BCUT2D eigenvalue weighted by Gasteiger charge is 2.25. The van der Waals surface area contributed by atoms with Crippen LogP contribution in [0.25, 0.3) is 11.4 Å². The Kier molecular flexibility index (Phi) is 5.81. The molecule has 130 valence electrons. The van der Waals surface area contributed by atoms with Gasteiger partial charge in [0.15, 0.2) is 0 Å². The van der Waals surface area contributed by atoms with Crippen molar-refractivity contribution in [1.82, 2.24) is 20.4 Å². The van der Waals surface area contributed by atoms with E-state index < -0.39 is 0 Å². The van der Waals surface area contributed by atoms with Crippen molar-refractivity contribution in [3.05, 3.63) is 22.7 Å². The van der Waals surface area contributed by atoms with E-state index in [2.05, 4.69) is 15.5 Å². The molecule has 0 radical (unpaired) electrons. The van der Waals surface area contributed by atoms with E-state index in [1.54, 1.807) is 18.4 Å². The van der Waals surface area contributed by atoms with Gasteiger partial charge in [-0.05, 0) is 30.2 Å². The topological polar surface area (TPSA) is 80.5 Å². The maximum Gasteiger partial charge on any atom is 0.317 e. The Morgan fingerprint density at radius 3 is 3.29 bits per heavy atom. The highest BCUT2D eigenvalue weighted by molar-refractivity contribution is 7.08. The fourth-order valence-electron chi connectivity index (χ4n) is 2.88. The number of carbonyl (C=O) groups excluding carboxylic acids is 1. The number of nitrogens with zero attached hydrogens (tertiary/aromatic N) is 3. The molecule has 0 aliphatic carbocycles. The lowest BCUT2D eigenvalue weighted by Gasteiger charge is -2.32. The number of thiophene rings is 1. The van der Waals surface area contributed by atoms with Crippen molar-refractivity contribution in [2.45, 2.75) is 19.3 Å². The van der Waals surface area contributed by atoms with E-state index in [4.69, 9.17) is 9.26 Å². The lowest BCUT2D eigenvalue weighted by atomic mass is 9.95. The van der Waals surface area contributed by atoms with Gasteiger partial charge in [0.2, 0.25) is 11.7 Å². The van der Waals surface area contributed by atoms with Crippen LogP contribution in [-0.2, 0) is 11.2 Å². The molecule has 2 amide bonds. The molecule has 0 spiro atoms. The number of hydrogen-bond acceptors (Lipinski definition) is 6. The molecule has 1 atom stereocenters. The van der Waals surface area contributed by atoms with Crippen LogP contribution in [0.1, 0.15) is 18.7 Å². The summed E-state index contributed by atoms with van der Waals surface area (Å²) in [5.74, 6) is 1.63. The van der Waals surface area contributed by atoms with Crippen LogP contribution in [0.5, 0.6) is 0 Å². The van der Waals surface area contributed by atoms with Crippen LogP contribution in [-0.4, -0.2) is 54.4 Å². The molecule has 2 aromatic heterocycles. The van der Waals surface area contributed by atoms with Gasteiger partial charge in [0.1, 0.15) is 0 Å². The lowest BCUT2D eigenvalue weighted by Crippen LogP contribution is -2.46. The first kappa shape index (κ1) is 16.9. The zero-order valence-corrected chi connectivity index (χ0v) is 14.6. The number of urea groups is 1. The Bertz CT molecular complexity index is 644. The second-order valence-corrected chi connectivity index (χ2v) is 6.69. The van der Waals surface area contributed by atoms with Gasteiger partial charge in [-0.2, -0.15) is 16.3 Å². The van der Waals surface area contributed by atoms with Gasteiger partial charge in [-0.3, -0.25) is 0 Å². The third-order valence-corrected chi connectivity index (χ3v) is 4.78. The first-order valence-electron chi connectivity index (χ1n) is 8.13. The molecule has 0 saturated carbocycles. The molecule has 1 aliphatic heterocycles. The summed E-state index contributed by atoms with van der Waals surface area (Å²) >= 11 is 1.61. The normalized spacial score (nSPS) is 17.9. The molecule has 1 unspecified atom stereocenters. The SMILES string of the molecule is COCCNC(=O)N1CCCC(Cc2nc(-c3ccsc3)no2)C1. The number of likely N-dealkylation sites (tertiary alicyclic amines) is 1. The van der Waals surface area contributed by atoms with Gasteiger partial charge in [-0.1, -0.05) is 5.16 Å². The van der Waals surface area contributed by atoms with E-state index in [1.807, 2.05) is 21.7 Å². The van der Waals surface area contributed by atoms with Crippen LogP contribution in [0.15, 0.2) is 21.3 Å². The van der Waals surface area contributed by atoms with E-state index >= 15 is 0 Å². The zero-order chi connectivity index (χ0) is 16.8. The van der Waals surface area contributed by atoms with Gasteiger partial charge in [0, 0.05) is 44.1 Å². The maximum absolute atomic E-state index is 12.1. The van der Waals surface area contributed by atoms with Gasteiger partial charge in [-0.15, -0.1) is 0 Å². The van der Waals surface area contributed by atoms with Crippen LogP contribution < -0.4 is 5.32 Å². The van der Waals surface area contributed by atoms with Crippen LogP contribution in [0.3, 0.4) is 0 Å². The van der Waals surface area contributed by atoms with Crippen LogP contribution in [0.2, 0.25) is 0 Å². The molecule has 0 bridgehead atoms. The summed E-state index contributed by atoms with van der Waals surface area (Å²) in [5, 5.41) is 10.9. The summed E-state index contributed by atoms with van der Waals surface area (Å²) in [6, 6.07) is 1.95. The summed E-state index contributed by atoms with van der Waals surface area (Å²) in [4.78, 5) is 18.5. The van der Waals surface area contributed by atoms with Gasteiger partial charge < -0.3 is 19.5 Å². The molecule has 2 aromatic rings. The Hall–Kier alpha value is -1.93. The fraction of sp³-hybridized carbons (Fsp3) is 0.562. The number of carbonyl (C=O) groups is 1. The number of hydrogen-bond donors (Lipinski definition) is 1. The molecule has 3 heterocycles. The van der Waals surface area contributed by atoms with Crippen LogP contribution in [0.4, 0.5) is 4.79 Å². The van der Waals surface area contributed by atoms with Crippen molar-refractivity contribution in [2.24, 2.45) is 5.92 Å². The largest absolute Gasteiger partial charge is 0.383 e. The number of methoxy groups -OCH3 is 1. The van der Waals surface area contributed by atoms with E-state index in [0.29, 0.717) is 37.2 Å². The third-order valence-electron chi connectivity index (χ3n) is 4.10. The zero-order valence-electron chi connectivity index (χ0n) is 13.7. The Balaban J connectivity index is 1.53. The van der Waals surface area contributed by atoms with Crippen LogP contribution in [0, 0.1) is 5.92 Å². The summed E-state index contributed by atoms with van der Waals surface area (Å²) < 4.78 is 10.3. The standard InChI is InChI=1S/C16H22N4O3S/c1-22-7-5-17-16(21)20-6-2-3-12(10-20)9-14-18-15(19-23-14)13-4-8-24-11-13/h4,8,11-12H,2-3,5-7,9-10H2,1H3,(H,17,21). The third kappa shape index (κ3) is 4.33. The highest BCUT2D eigenvalue weighted by atomic mass is 32.1. The second-order valence-electron chi connectivity index (χ2n) is 5.91. The number of piperidine rings is 1. The number of amides is 2. The van der Waals surface area contributed by atoms with Gasteiger partial charge in [0.05, 0.1) is 6.61 Å². The van der Waals surface area contributed by atoms with E-state index in [1.165, 1.54) is 0 Å². The maximum atomic E-state index is 12.1. The lowest BCUT2D eigenvalue weighted by molar-refractivity contribution is 0.154. The molecule has 1 N–H and O–H groups in total. The predicted molar refractivity (Wildman–Crippen MR) is 90.9 cm³/mol. The molecule has 1 aliphatic rings. The minimum Gasteiger partial charge on any atom is -0.383 e. The summed E-state index contributed by atoms with van der Waals surface area (Å²) in [5.41, 5.74) is 0.984. The van der Waals surface area contributed by atoms with Crippen molar-refractivity contribution >= 4 is 17.4 Å². The van der Waals surface area contributed by atoms with E-state index in [9.17, 15) is 4.79 Å². The quantitative estimate of drug-likeness (QED) is 0.809. The molecule has 7 nitrogen and oxygen atoms in total. The molecule has 1 saturated heterocycles. The van der Waals surface area contributed by atoms with Crippen LogP contribution >= 0.6 is 11.3 Å². The van der Waals surface area contributed by atoms with Gasteiger partial charge in [0.25, 0.3) is 0 Å². The molecular weight excluding hydrogens is 328 g/mol. The van der Waals surface area contributed by atoms with Crippen molar-refractivity contribution < 1.29 is 14.1 Å². The van der Waals surface area contributed by atoms with Crippen molar-refractivity contribution in [3.8, 4) is 11.4 Å². The Morgan fingerprint density at radius 2 is 2.50 bits per heavy atom. The minimum atomic E-state index is -0.0266. The second kappa shape index (κ2) is 8.25. The monoisotopic (exact) mass is 350 g/mol. The smallest absolute Gasteiger partial charge is 0.317 e. The minimum absolute atomic E-state index is 0.0266. The highest BCUT2D eigenvalue weighted by Crippen LogP contribution is 2.23. The first-order valence-corrected chi connectivity index (χ1v) is 9.07. The van der Waals surface area contributed by atoms with Crippen molar-refractivity contribution in [2.75, 3.05) is 33.4 Å². The molecule has 24 heavy (non-hydrogen) atoms. The number of aromatic nitrogens is 2. The Labute approximate surface area is 145 Å². The van der Waals surface area contributed by atoms with E-state index in [0.717, 1.165) is 31.5 Å². The van der Waals surface area contributed by atoms with E-state index in [-0.39, 0.29) is 6.03 Å². The molecular formula is C16H22N4O3S. The van der Waals surface area contributed by atoms with Gasteiger partial charge >= 0.3 is 6.03 Å². The first-order chi connectivity index (χ1) is 11.8. The van der Waals surface area contributed by atoms with Crippen molar-refractivity contribution in [3.63, 3.8) is 0 Å². The fourth-order valence-corrected chi connectivity index (χ4v) is 3.52. The molecule has 1 fully saturated rings. The molecule has 0 aromatic carbocycles. The summed E-state index contributed by atoms with van der Waals surface area (Å²) in [6.45, 7) is 2.56. The summed E-state index contributed by atoms with van der Waals surface area (Å²) in [7, 11) is 1.62. The van der Waals surface area contributed by atoms with Gasteiger partial charge in [-0.25, -0.2) is 4.79 Å². The molecule has 8 heteroatoms. The number of ether oxygens (including phenoxy) is 1. The number of rotatable bonds is 6. The predicted octanol–water partition coefficient (Wildman–Crippen LogP) is 2.41. The summed E-state index contributed by atoms with van der Waals surface area (Å²) in [6.07, 6.45) is 2.77. The number of nitrogens with one attached hydrogen (secondary N) is 1. The van der Waals surface area contributed by atoms with Crippen molar-refractivity contribution in [1.29, 1.82) is 0 Å². The molecule has 3 rings (SSSR count). The Morgan fingerprint density at radius 1 is 1.58 bits per heavy atom. The average Bonchev–Trinajstić information content (AvgIpc) is 3.26.